The number of nitrogens with zero attached hydrogens (tertiary/aromatic N) is 4. The molecule has 0 fully saturated rings. The third kappa shape index (κ3) is 4.23. The average molecular weight is 431 g/mol. The van der Waals surface area contributed by atoms with E-state index < -0.39 is 17.7 Å². The number of amides is 1. The summed E-state index contributed by atoms with van der Waals surface area (Å²) in [4.78, 5) is 30.9. The van der Waals surface area contributed by atoms with E-state index in [-0.39, 0.29) is 23.0 Å². The zero-order valence-electron chi connectivity index (χ0n) is 17.5. The average Bonchev–Trinajstić information content (AvgIpc) is 3.09. The lowest BCUT2D eigenvalue weighted by Crippen LogP contribution is -2.35. The minimum absolute atomic E-state index is 0.116. The van der Waals surface area contributed by atoms with Gasteiger partial charge in [-0.15, -0.1) is 0 Å². The van der Waals surface area contributed by atoms with E-state index in [1.54, 1.807) is 34.7 Å². The quantitative estimate of drug-likeness (QED) is 0.444. The summed E-state index contributed by atoms with van der Waals surface area (Å²) < 4.78 is 12.0. The molecular formula is C21H23ClN4O4. The van der Waals surface area contributed by atoms with Gasteiger partial charge in [-0.05, 0) is 33.3 Å². The van der Waals surface area contributed by atoms with Crippen LogP contribution in [0.1, 0.15) is 38.1 Å². The van der Waals surface area contributed by atoms with Gasteiger partial charge < -0.3 is 9.47 Å². The summed E-state index contributed by atoms with van der Waals surface area (Å²) in [6.45, 7) is 7.24. The van der Waals surface area contributed by atoms with Crippen molar-refractivity contribution in [2.24, 2.45) is 0 Å². The van der Waals surface area contributed by atoms with Crippen molar-refractivity contribution in [3.05, 3.63) is 47.2 Å². The van der Waals surface area contributed by atoms with E-state index >= 15 is 0 Å². The van der Waals surface area contributed by atoms with Gasteiger partial charge in [0, 0.05) is 7.05 Å². The molecule has 0 radical (unpaired) electrons. The lowest BCUT2D eigenvalue weighted by molar-refractivity contribution is 0.0527. The van der Waals surface area contributed by atoms with Crippen LogP contribution in [0.5, 0.6) is 0 Å². The summed E-state index contributed by atoms with van der Waals surface area (Å²) in [6, 6.07) is 9.25. The Hall–Kier alpha value is -3.13. The van der Waals surface area contributed by atoms with E-state index in [0.29, 0.717) is 11.4 Å². The molecule has 1 aromatic carbocycles. The molecule has 30 heavy (non-hydrogen) atoms. The number of hydrogen-bond donors (Lipinski definition) is 0. The zero-order chi connectivity index (χ0) is 22.1. The molecule has 3 aromatic rings. The Morgan fingerprint density at radius 1 is 1.20 bits per heavy atom. The van der Waals surface area contributed by atoms with Crippen LogP contribution in [-0.4, -0.2) is 45.9 Å². The highest BCUT2D eigenvalue weighted by Crippen LogP contribution is 2.37. The lowest BCUT2D eigenvalue weighted by atomic mass is 10.1. The number of ether oxygens (including phenoxy) is 2. The number of esters is 1. The highest BCUT2D eigenvalue weighted by Gasteiger charge is 2.29. The second-order valence-corrected chi connectivity index (χ2v) is 7.88. The predicted octanol–water partition coefficient (Wildman–Crippen LogP) is 4.60. The first-order valence-electron chi connectivity index (χ1n) is 9.40. The van der Waals surface area contributed by atoms with E-state index in [4.69, 9.17) is 21.1 Å². The zero-order valence-corrected chi connectivity index (χ0v) is 18.2. The van der Waals surface area contributed by atoms with Gasteiger partial charge in [-0.2, -0.15) is 9.61 Å². The molecule has 8 nitrogen and oxygen atoms in total. The van der Waals surface area contributed by atoms with Gasteiger partial charge in [0.1, 0.15) is 16.3 Å². The minimum atomic E-state index is -0.700. The molecule has 9 heteroatoms. The molecule has 3 rings (SSSR count). The van der Waals surface area contributed by atoms with Crippen LogP contribution in [-0.2, 0) is 9.47 Å². The molecule has 2 heterocycles. The van der Waals surface area contributed by atoms with Crippen molar-refractivity contribution in [2.45, 2.75) is 33.3 Å². The van der Waals surface area contributed by atoms with Gasteiger partial charge in [0.15, 0.2) is 11.5 Å². The smallest absolute Gasteiger partial charge is 0.415 e. The number of anilines is 1. The molecule has 0 saturated heterocycles. The first kappa shape index (κ1) is 21.6. The van der Waals surface area contributed by atoms with Gasteiger partial charge in [-0.3, -0.25) is 4.90 Å². The SMILES string of the molecule is CCOC(=O)c1cnn2c(N(C)C(=O)OC(C)(C)C)c(-c3ccccc3)c(Cl)nc12. The Morgan fingerprint density at radius 3 is 2.47 bits per heavy atom. The molecule has 1 amide bonds. The molecule has 0 N–H and O–H groups in total. The fraction of sp³-hybridized carbons (Fsp3) is 0.333. The maximum absolute atomic E-state index is 12.8. The Labute approximate surface area is 179 Å². The number of fused-ring (bicyclic) bond motifs is 1. The van der Waals surface area contributed by atoms with Crippen LogP contribution in [0.25, 0.3) is 16.8 Å². The van der Waals surface area contributed by atoms with Gasteiger partial charge in [0.2, 0.25) is 0 Å². The first-order chi connectivity index (χ1) is 14.1. The maximum atomic E-state index is 12.8. The number of halogens is 1. The monoisotopic (exact) mass is 430 g/mol. The van der Waals surface area contributed by atoms with Crippen molar-refractivity contribution in [3.63, 3.8) is 0 Å². The molecule has 158 valence electrons. The third-order valence-electron chi connectivity index (χ3n) is 4.12. The second kappa shape index (κ2) is 8.31. The number of rotatable bonds is 4. The highest BCUT2D eigenvalue weighted by molar-refractivity contribution is 6.33. The fourth-order valence-electron chi connectivity index (χ4n) is 2.88. The number of benzene rings is 1. The van der Waals surface area contributed by atoms with Gasteiger partial charge in [0.05, 0.1) is 18.4 Å². The van der Waals surface area contributed by atoms with Crippen LogP contribution < -0.4 is 4.90 Å². The molecular weight excluding hydrogens is 408 g/mol. The molecule has 0 saturated carbocycles. The molecule has 0 aliphatic carbocycles. The van der Waals surface area contributed by atoms with Gasteiger partial charge >= 0.3 is 12.1 Å². The maximum Gasteiger partial charge on any atom is 0.415 e. The summed E-state index contributed by atoms with van der Waals surface area (Å²) in [5, 5.41) is 4.41. The van der Waals surface area contributed by atoms with Gasteiger partial charge in [-0.1, -0.05) is 41.9 Å². The van der Waals surface area contributed by atoms with E-state index in [2.05, 4.69) is 10.1 Å². The topological polar surface area (TPSA) is 86.0 Å². The standard InChI is InChI=1S/C21H23ClN4O4/c1-6-29-19(27)14-12-23-26-17(14)24-16(22)15(13-10-8-7-9-11-13)18(26)25(5)20(28)30-21(2,3)4/h7-12H,6H2,1-5H3. The van der Waals surface area contributed by atoms with Crippen molar-refractivity contribution < 1.29 is 19.1 Å². The highest BCUT2D eigenvalue weighted by atomic mass is 35.5. The first-order valence-corrected chi connectivity index (χ1v) is 9.78. The molecule has 0 atom stereocenters. The Morgan fingerprint density at radius 2 is 1.87 bits per heavy atom. The summed E-state index contributed by atoms with van der Waals surface area (Å²) in [5.74, 6) is -0.254. The van der Waals surface area contributed by atoms with Crippen LogP contribution in [0.2, 0.25) is 5.15 Å². The van der Waals surface area contributed by atoms with Gasteiger partial charge in [-0.25, -0.2) is 14.6 Å². The molecule has 2 aromatic heterocycles. The molecule has 0 unspecified atom stereocenters. The van der Waals surface area contributed by atoms with Crippen molar-refractivity contribution in [2.75, 3.05) is 18.6 Å². The van der Waals surface area contributed by atoms with Crippen molar-refractivity contribution >= 4 is 35.1 Å². The summed E-state index contributed by atoms with van der Waals surface area (Å²) in [6.07, 6.45) is 0.745. The van der Waals surface area contributed by atoms with Crippen LogP contribution in [0.3, 0.4) is 0 Å². The normalized spacial score (nSPS) is 11.4. The van der Waals surface area contributed by atoms with Crippen LogP contribution >= 0.6 is 11.6 Å². The largest absolute Gasteiger partial charge is 0.462 e. The van der Waals surface area contributed by atoms with Crippen LogP contribution in [0, 0.1) is 0 Å². The Bertz CT molecular complexity index is 1090. The Kier molecular flexibility index (Phi) is 5.98. The molecule has 0 bridgehead atoms. The third-order valence-corrected chi connectivity index (χ3v) is 4.39. The number of hydrogen-bond acceptors (Lipinski definition) is 6. The van der Waals surface area contributed by atoms with E-state index in [1.807, 2.05) is 30.3 Å². The van der Waals surface area contributed by atoms with E-state index in [0.717, 1.165) is 5.56 Å². The summed E-state index contributed by atoms with van der Waals surface area (Å²) in [5.41, 5.74) is 0.849. The summed E-state index contributed by atoms with van der Waals surface area (Å²) >= 11 is 6.55. The molecule has 0 spiro atoms. The van der Waals surface area contributed by atoms with Gasteiger partial charge in [0.25, 0.3) is 0 Å². The Balaban J connectivity index is 2.27. The second-order valence-electron chi connectivity index (χ2n) is 7.52. The van der Waals surface area contributed by atoms with Crippen molar-refractivity contribution in [3.8, 4) is 11.1 Å². The van der Waals surface area contributed by atoms with Crippen molar-refractivity contribution in [1.29, 1.82) is 0 Å². The van der Waals surface area contributed by atoms with E-state index in [1.165, 1.54) is 15.6 Å². The number of aromatic nitrogens is 3. The lowest BCUT2D eigenvalue weighted by Gasteiger charge is -2.26. The summed E-state index contributed by atoms with van der Waals surface area (Å²) in [7, 11) is 1.55. The predicted molar refractivity (Wildman–Crippen MR) is 114 cm³/mol. The minimum Gasteiger partial charge on any atom is -0.462 e. The molecule has 0 aliphatic rings. The van der Waals surface area contributed by atoms with Crippen LogP contribution in [0.15, 0.2) is 36.5 Å². The number of carbonyl (C=O) groups excluding carboxylic acids is 2. The number of carbonyl (C=O) groups is 2. The van der Waals surface area contributed by atoms with Crippen LogP contribution in [0.4, 0.5) is 10.6 Å². The van der Waals surface area contributed by atoms with E-state index in [9.17, 15) is 9.59 Å². The molecule has 0 aliphatic heterocycles. The van der Waals surface area contributed by atoms with Crippen molar-refractivity contribution in [1.82, 2.24) is 14.6 Å². The fourth-order valence-corrected chi connectivity index (χ4v) is 3.16.